The van der Waals surface area contributed by atoms with Crippen molar-refractivity contribution in [1.82, 2.24) is 0 Å². The molecule has 82 valence electrons. The van der Waals surface area contributed by atoms with Gasteiger partial charge in [0.25, 0.3) is 0 Å². The van der Waals surface area contributed by atoms with Crippen molar-refractivity contribution >= 4 is 11.4 Å². The number of halogens is 1. The van der Waals surface area contributed by atoms with Gasteiger partial charge in [0.15, 0.2) is 11.6 Å². The summed E-state index contributed by atoms with van der Waals surface area (Å²) in [6.45, 7) is 6.24. The molecule has 0 bridgehead atoms. The molecule has 0 spiro atoms. The first kappa shape index (κ1) is 11.4. The Morgan fingerprint density at radius 3 is 2.80 bits per heavy atom. The van der Waals surface area contributed by atoms with Crippen LogP contribution in [0.1, 0.15) is 6.92 Å². The minimum atomic E-state index is -0.462. The Labute approximate surface area is 88.7 Å². The third-order valence-corrected chi connectivity index (χ3v) is 1.90. The van der Waals surface area contributed by atoms with Crippen molar-refractivity contribution in [2.45, 2.75) is 6.92 Å². The van der Waals surface area contributed by atoms with Crippen LogP contribution in [0, 0.1) is 5.82 Å². The van der Waals surface area contributed by atoms with E-state index in [9.17, 15) is 4.39 Å². The van der Waals surface area contributed by atoms with E-state index in [0.717, 1.165) is 5.57 Å². The number of benzene rings is 1. The van der Waals surface area contributed by atoms with Gasteiger partial charge in [-0.1, -0.05) is 12.2 Å². The highest BCUT2D eigenvalue weighted by Crippen LogP contribution is 2.27. The fourth-order valence-corrected chi connectivity index (χ4v) is 1.12. The molecule has 0 amide bonds. The summed E-state index contributed by atoms with van der Waals surface area (Å²) in [5.74, 6) is -0.288. The summed E-state index contributed by atoms with van der Waals surface area (Å²) in [6.07, 6.45) is 0. The van der Waals surface area contributed by atoms with Gasteiger partial charge in [-0.15, -0.1) is 0 Å². The molecule has 0 atom stereocenters. The monoisotopic (exact) mass is 210 g/mol. The van der Waals surface area contributed by atoms with Crippen LogP contribution in [0.5, 0.6) is 5.75 Å². The lowest BCUT2D eigenvalue weighted by Crippen LogP contribution is -2.05. The van der Waals surface area contributed by atoms with Gasteiger partial charge >= 0.3 is 0 Å². The summed E-state index contributed by atoms with van der Waals surface area (Å²) in [7, 11) is 1.41. The maximum absolute atomic E-state index is 13.2. The van der Waals surface area contributed by atoms with Crippen molar-refractivity contribution in [3.05, 3.63) is 30.1 Å². The molecule has 1 rings (SSSR count). The van der Waals surface area contributed by atoms with Crippen LogP contribution in [0.25, 0.3) is 0 Å². The van der Waals surface area contributed by atoms with Gasteiger partial charge in [-0.3, -0.25) is 0 Å². The molecule has 1 aromatic carbocycles. The van der Waals surface area contributed by atoms with Gasteiger partial charge in [0.05, 0.1) is 18.5 Å². The predicted molar refractivity (Wildman–Crippen MR) is 60.7 cm³/mol. The molecule has 1 aromatic rings. The maximum Gasteiger partial charge on any atom is 0.167 e. The zero-order chi connectivity index (χ0) is 11.4. The number of rotatable bonds is 4. The first-order chi connectivity index (χ1) is 7.04. The van der Waals surface area contributed by atoms with Crippen LogP contribution < -0.4 is 15.8 Å². The van der Waals surface area contributed by atoms with E-state index in [2.05, 4.69) is 11.9 Å². The van der Waals surface area contributed by atoms with E-state index in [1.165, 1.54) is 19.2 Å². The molecular weight excluding hydrogens is 195 g/mol. The van der Waals surface area contributed by atoms with E-state index < -0.39 is 5.82 Å². The Hall–Kier alpha value is -1.71. The Morgan fingerprint density at radius 1 is 1.60 bits per heavy atom. The van der Waals surface area contributed by atoms with Crippen LogP contribution in [0.4, 0.5) is 15.8 Å². The standard InChI is InChI=1S/C11H15FN2O/c1-7(2)6-14-10-5-11(15-3)8(12)4-9(10)13/h4-5,14H,1,6,13H2,2-3H3. The van der Waals surface area contributed by atoms with Crippen LogP contribution in [0.15, 0.2) is 24.3 Å². The highest BCUT2D eigenvalue weighted by molar-refractivity contribution is 5.68. The maximum atomic E-state index is 13.2. The number of nitrogen functional groups attached to an aromatic ring is 1. The number of ether oxygens (including phenoxy) is 1. The highest BCUT2D eigenvalue weighted by Gasteiger charge is 2.07. The number of methoxy groups -OCH3 is 1. The van der Waals surface area contributed by atoms with Crippen LogP contribution >= 0.6 is 0 Å². The molecular formula is C11H15FN2O. The van der Waals surface area contributed by atoms with E-state index in [0.29, 0.717) is 17.9 Å². The molecule has 3 nitrogen and oxygen atoms in total. The summed E-state index contributed by atoms with van der Waals surface area (Å²) in [4.78, 5) is 0. The average molecular weight is 210 g/mol. The van der Waals surface area contributed by atoms with Crippen molar-refractivity contribution in [3.63, 3.8) is 0 Å². The van der Waals surface area contributed by atoms with E-state index >= 15 is 0 Å². The molecule has 0 saturated carbocycles. The van der Waals surface area contributed by atoms with E-state index in [1.807, 2.05) is 6.92 Å². The molecule has 0 aliphatic rings. The van der Waals surface area contributed by atoms with Crippen molar-refractivity contribution in [3.8, 4) is 5.75 Å². The lowest BCUT2D eigenvalue weighted by molar-refractivity contribution is 0.387. The van der Waals surface area contributed by atoms with Crippen LogP contribution in [-0.4, -0.2) is 13.7 Å². The van der Waals surface area contributed by atoms with Gasteiger partial charge in [0.2, 0.25) is 0 Å². The van der Waals surface area contributed by atoms with E-state index in [1.54, 1.807) is 0 Å². The number of nitrogens with one attached hydrogen (secondary N) is 1. The van der Waals surface area contributed by atoms with E-state index in [-0.39, 0.29) is 5.75 Å². The summed E-state index contributed by atoms with van der Waals surface area (Å²) >= 11 is 0. The van der Waals surface area contributed by atoms with Gasteiger partial charge in [-0.2, -0.15) is 0 Å². The third kappa shape index (κ3) is 2.87. The van der Waals surface area contributed by atoms with Crippen molar-refractivity contribution < 1.29 is 9.13 Å². The average Bonchev–Trinajstić information content (AvgIpc) is 2.16. The summed E-state index contributed by atoms with van der Waals surface area (Å²) in [6, 6.07) is 2.77. The molecule has 4 heteroatoms. The molecule has 3 N–H and O–H groups in total. The number of nitrogens with two attached hydrogens (primary N) is 1. The second kappa shape index (κ2) is 4.68. The van der Waals surface area contributed by atoms with Gasteiger partial charge in [0.1, 0.15) is 0 Å². The van der Waals surface area contributed by atoms with Crippen molar-refractivity contribution in [1.29, 1.82) is 0 Å². The molecule has 0 unspecified atom stereocenters. The second-order valence-electron chi connectivity index (χ2n) is 3.38. The first-order valence-electron chi connectivity index (χ1n) is 4.56. The Balaban J connectivity index is 2.92. The molecule has 0 aliphatic carbocycles. The highest BCUT2D eigenvalue weighted by atomic mass is 19.1. The number of hydrogen-bond donors (Lipinski definition) is 2. The normalized spacial score (nSPS) is 9.80. The lowest BCUT2D eigenvalue weighted by Gasteiger charge is -2.11. The molecule has 0 aromatic heterocycles. The zero-order valence-electron chi connectivity index (χ0n) is 8.93. The minimum Gasteiger partial charge on any atom is -0.494 e. The summed E-state index contributed by atoms with van der Waals surface area (Å²) in [5, 5.41) is 3.04. The number of hydrogen-bond acceptors (Lipinski definition) is 3. The Kier molecular flexibility index (Phi) is 3.55. The third-order valence-electron chi connectivity index (χ3n) is 1.90. The fourth-order valence-electron chi connectivity index (χ4n) is 1.12. The van der Waals surface area contributed by atoms with Gasteiger partial charge in [-0.25, -0.2) is 4.39 Å². The first-order valence-corrected chi connectivity index (χ1v) is 4.56. The fraction of sp³-hybridized carbons (Fsp3) is 0.273. The van der Waals surface area contributed by atoms with Crippen LogP contribution in [-0.2, 0) is 0 Å². The largest absolute Gasteiger partial charge is 0.494 e. The lowest BCUT2D eigenvalue weighted by atomic mass is 10.2. The smallest absolute Gasteiger partial charge is 0.167 e. The molecule has 0 aliphatic heterocycles. The summed E-state index contributed by atoms with van der Waals surface area (Å²) < 4.78 is 18.0. The quantitative estimate of drug-likeness (QED) is 0.592. The predicted octanol–water partition coefficient (Wildman–Crippen LogP) is 2.40. The Morgan fingerprint density at radius 2 is 2.27 bits per heavy atom. The molecule has 0 saturated heterocycles. The molecule has 0 fully saturated rings. The topological polar surface area (TPSA) is 47.3 Å². The van der Waals surface area contributed by atoms with Crippen LogP contribution in [0.2, 0.25) is 0 Å². The minimum absolute atomic E-state index is 0.174. The van der Waals surface area contributed by atoms with Crippen molar-refractivity contribution in [2.24, 2.45) is 0 Å². The number of anilines is 2. The van der Waals surface area contributed by atoms with E-state index in [4.69, 9.17) is 10.5 Å². The Bertz CT molecular complexity index is 377. The summed E-state index contributed by atoms with van der Waals surface area (Å²) in [5.41, 5.74) is 7.62. The van der Waals surface area contributed by atoms with Gasteiger partial charge in [-0.05, 0) is 6.92 Å². The van der Waals surface area contributed by atoms with Gasteiger partial charge in [0, 0.05) is 18.7 Å². The molecule has 0 radical (unpaired) electrons. The van der Waals surface area contributed by atoms with Crippen molar-refractivity contribution in [2.75, 3.05) is 24.7 Å². The SMILES string of the molecule is C=C(C)CNc1cc(OC)c(F)cc1N. The zero-order valence-corrected chi connectivity index (χ0v) is 8.93. The molecule has 15 heavy (non-hydrogen) atoms. The van der Waals surface area contributed by atoms with Crippen LogP contribution in [0.3, 0.4) is 0 Å². The van der Waals surface area contributed by atoms with Gasteiger partial charge < -0.3 is 15.8 Å². The second-order valence-corrected chi connectivity index (χ2v) is 3.38. The molecule has 0 heterocycles.